The van der Waals surface area contributed by atoms with Crippen LogP contribution in [0.25, 0.3) is 0 Å². The molecular weight excluding hydrogens is 218 g/mol. The molecule has 2 heterocycles. The van der Waals surface area contributed by atoms with Gasteiger partial charge in [0.1, 0.15) is 11.6 Å². The van der Waals surface area contributed by atoms with E-state index in [4.69, 9.17) is 5.73 Å². The second-order valence-corrected chi connectivity index (χ2v) is 5.08. The van der Waals surface area contributed by atoms with Gasteiger partial charge in [-0.25, -0.2) is 4.98 Å². The normalized spacial score (nSPS) is 12.4. The molecule has 1 atom stereocenters. The van der Waals surface area contributed by atoms with Crippen LogP contribution < -0.4 is 11.1 Å². The van der Waals surface area contributed by atoms with Gasteiger partial charge in [0.2, 0.25) is 0 Å². The lowest BCUT2D eigenvalue weighted by Gasteiger charge is -2.12. The number of thiophene rings is 1. The SMILES string of the molecule is Cc1ccc(C(C)Nc2cccc(N)n2)s1. The van der Waals surface area contributed by atoms with Gasteiger partial charge in [0.15, 0.2) is 0 Å². The maximum absolute atomic E-state index is 5.63. The molecule has 0 fully saturated rings. The Bertz CT molecular complexity index is 479. The van der Waals surface area contributed by atoms with Crippen LogP contribution in [0.2, 0.25) is 0 Å². The summed E-state index contributed by atoms with van der Waals surface area (Å²) in [6.07, 6.45) is 0. The number of rotatable bonds is 3. The van der Waals surface area contributed by atoms with E-state index in [2.05, 4.69) is 36.3 Å². The van der Waals surface area contributed by atoms with E-state index < -0.39 is 0 Å². The van der Waals surface area contributed by atoms with E-state index in [0.717, 1.165) is 5.82 Å². The van der Waals surface area contributed by atoms with Crippen LogP contribution in [0.5, 0.6) is 0 Å². The first-order valence-corrected chi connectivity index (χ1v) is 6.02. The van der Waals surface area contributed by atoms with Gasteiger partial charge < -0.3 is 11.1 Å². The predicted molar refractivity (Wildman–Crippen MR) is 69.7 cm³/mol. The lowest BCUT2D eigenvalue weighted by atomic mass is 10.2. The highest BCUT2D eigenvalue weighted by Gasteiger charge is 2.07. The van der Waals surface area contributed by atoms with E-state index in [9.17, 15) is 0 Å². The molecule has 2 rings (SSSR count). The largest absolute Gasteiger partial charge is 0.384 e. The molecule has 0 saturated carbocycles. The van der Waals surface area contributed by atoms with Gasteiger partial charge in [0.25, 0.3) is 0 Å². The number of nitrogens with zero attached hydrogens (tertiary/aromatic N) is 1. The summed E-state index contributed by atoms with van der Waals surface area (Å²) in [6, 6.07) is 10.1. The third kappa shape index (κ3) is 2.52. The molecule has 0 amide bonds. The van der Waals surface area contributed by atoms with Crippen LogP contribution in [0.3, 0.4) is 0 Å². The number of nitrogens with two attached hydrogens (primary N) is 1. The van der Waals surface area contributed by atoms with Crippen molar-refractivity contribution in [1.29, 1.82) is 0 Å². The molecule has 16 heavy (non-hydrogen) atoms. The van der Waals surface area contributed by atoms with Gasteiger partial charge in [0.05, 0.1) is 6.04 Å². The van der Waals surface area contributed by atoms with Gasteiger partial charge >= 0.3 is 0 Å². The fourth-order valence-electron chi connectivity index (χ4n) is 1.51. The zero-order valence-corrected chi connectivity index (χ0v) is 10.2. The van der Waals surface area contributed by atoms with Crippen LogP contribution in [-0.4, -0.2) is 4.98 Å². The van der Waals surface area contributed by atoms with E-state index in [1.54, 1.807) is 17.4 Å². The van der Waals surface area contributed by atoms with Crippen LogP contribution >= 0.6 is 11.3 Å². The van der Waals surface area contributed by atoms with Gasteiger partial charge in [-0.15, -0.1) is 11.3 Å². The predicted octanol–water partition coefficient (Wildman–Crippen LogP) is 3.21. The average Bonchev–Trinajstić information content (AvgIpc) is 2.65. The highest BCUT2D eigenvalue weighted by molar-refractivity contribution is 7.12. The number of anilines is 2. The minimum atomic E-state index is 0.257. The molecule has 0 aliphatic rings. The van der Waals surface area contributed by atoms with Crippen molar-refractivity contribution >= 4 is 23.0 Å². The Kier molecular flexibility index (Phi) is 3.10. The van der Waals surface area contributed by atoms with Crippen LogP contribution in [0.15, 0.2) is 30.3 Å². The lowest BCUT2D eigenvalue weighted by molar-refractivity contribution is 0.897. The summed E-state index contributed by atoms with van der Waals surface area (Å²) in [5.74, 6) is 1.36. The first kappa shape index (κ1) is 11.0. The Hall–Kier alpha value is -1.55. The molecule has 2 aromatic rings. The Morgan fingerprint density at radius 2 is 2.12 bits per heavy atom. The Morgan fingerprint density at radius 3 is 2.75 bits per heavy atom. The second-order valence-electron chi connectivity index (χ2n) is 3.76. The molecule has 3 N–H and O–H groups in total. The number of aryl methyl sites for hydroxylation is 1. The van der Waals surface area contributed by atoms with Crippen molar-refractivity contribution in [2.45, 2.75) is 19.9 Å². The summed E-state index contributed by atoms with van der Waals surface area (Å²) in [7, 11) is 0. The van der Waals surface area contributed by atoms with Gasteiger partial charge in [0, 0.05) is 9.75 Å². The highest BCUT2D eigenvalue weighted by atomic mass is 32.1. The highest BCUT2D eigenvalue weighted by Crippen LogP contribution is 2.25. The molecule has 1 unspecified atom stereocenters. The van der Waals surface area contributed by atoms with Gasteiger partial charge in [-0.3, -0.25) is 0 Å². The molecule has 0 aliphatic carbocycles. The Balaban J connectivity index is 2.10. The summed E-state index contributed by atoms with van der Waals surface area (Å²) in [5, 5.41) is 3.33. The summed E-state index contributed by atoms with van der Waals surface area (Å²) in [4.78, 5) is 6.85. The monoisotopic (exact) mass is 233 g/mol. The number of hydrogen-bond donors (Lipinski definition) is 2. The van der Waals surface area contributed by atoms with Gasteiger partial charge in [-0.1, -0.05) is 6.07 Å². The Labute approximate surface area is 99.3 Å². The van der Waals surface area contributed by atoms with Crippen molar-refractivity contribution in [3.05, 3.63) is 40.1 Å². The van der Waals surface area contributed by atoms with Crippen molar-refractivity contribution in [2.24, 2.45) is 0 Å². The van der Waals surface area contributed by atoms with E-state index in [-0.39, 0.29) is 6.04 Å². The summed E-state index contributed by atoms with van der Waals surface area (Å²) < 4.78 is 0. The molecule has 2 aromatic heterocycles. The number of aromatic nitrogens is 1. The molecule has 0 aliphatic heterocycles. The van der Waals surface area contributed by atoms with E-state index >= 15 is 0 Å². The van der Waals surface area contributed by atoms with E-state index in [1.807, 2.05) is 12.1 Å². The Morgan fingerprint density at radius 1 is 1.31 bits per heavy atom. The second kappa shape index (κ2) is 4.53. The first-order valence-electron chi connectivity index (χ1n) is 5.20. The number of nitrogen functional groups attached to an aromatic ring is 1. The van der Waals surface area contributed by atoms with Crippen LogP contribution in [0, 0.1) is 6.92 Å². The zero-order valence-electron chi connectivity index (χ0n) is 9.40. The molecule has 0 spiro atoms. The van der Waals surface area contributed by atoms with Crippen LogP contribution in [-0.2, 0) is 0 Å². The standard InChI is InChI=1S/C12H15N3S/c1-8-6-7-10(16-8)9(2)14-12-5-3-4-11(13)15-12/h3-7,9H,1-2H3,(H3,13,14,15). The van der Waals surface area contributed by atoms with Crippen molar-refractivity contribution in [3.8, 4) is 0 Å². The smallest absolute Gasteiger partial charge is 0.128 e. The molecule has 3 nitrogen and oxygen atoms in total. The molecule has 84 valence electrons. The number of hydrogen-bond acceptors (Lipinski definition) is 4. The molecule has 0 aromatic carbocycles. The third-order valence-electron chi connectivity index (χ3n) is 2.32. The first-order chi connectivity index (χ1) is 7.65. The van der Waals surface area contributed by atoms with Crippen molar-refractivity contribution in [2.75, 3.05) is 11.1 Å². The van der Waals surface area contributed by atoms with Crippen molar-refractivity contribution in [1.82, 2.24) is 4.98 Å². The molecule has 0 radical (unpaired) electrons. The van der Waals surface area contributed by atoms with Crippen LogP contribution in [0.1, 0.15) is 22.7 Å². The number of nitrogens with one attached hydrogen (secondary N) is 1. The lowest BCUT2D eigenvalue weighted by Crippen LogP contribution is -2.06. The van der Waals surface area contributed by atoms with E-state index in [1.165, 1.54) is 9.75 Å². The van der Waals surface area contributed by atoms with Crippen molar-refractivity contribution < 1.29 is 0 Å². The minimum Gasteiger partial charge on any atom is -0.384 e. The maximum Gasteiger partial charge on any atom is 0.128 e. The molecular formula is C12H15N3S. The minimum absolute atomic E-state index is 0.257. The van der Waals surface area contributed by atoms with Crippen LogP contribution in [0.4, 0.5) is 11.6 Å². The summed E-state index contributed by atoms with van der Waals surface area (Å²) in [5.41, 5.74) is 5.63. The topological polar surface area (TPSA) is 50.9 Å². The molecule has 0 bridgehead atoms. The fourth-order valence-corrected chi connectivity index (χ4v) is 2.39. The van der Waals surface area contributed by atoms with Gasteiger partial charge in [-0.2, -0.15) is 0 Å². The maximum atomic E-state index is 5.63. The quantitative estimate of drug-likeness (QED) is 0.856. The summed E-state index contributed by atoms with van der Waals surface area (Å²) in [6.45, 7) is 4.23. The summed E-state index contributed by atoms with van der Waals surface area (Å²) >= 11 is 1.80. The number of pyridine rings is 1. The van der Waals surface area contributed by atoms with Gasteiger partial charge in [-0.05, 0) is 38.1 Å². The average molecular weight is 233 g/mol. The van der Waals surface area contributed by atoms with E-state index in [0.29, 0.717) is 5.82 Å². The molecule has 0 saturated heterocycles. The third-order valence-corrected chi connectivity index (χ3v) is 3.51. The fraction of sp³-hybridized carbons (Fsp3) is 0.250. The molecule has 4 heteroatoms. The van der Waals surface area contributed by atoms with Crippen molar-refractivity contribution in [3.63, 3.8) is 0 Å². The zero-order chi connectivity index (χ0) is 11.5.